The van der Waals surface area contributed by atoms with Crippen molar-refractivity contribution in [1.82, 2.24) is 5.32 Å². The van der Waals surface area contributed by atoms with Crippen LogP contribution in [-0.2, 0) is 9.59 Å². The number of carbonyl (C=O) groups is 3. The molecule has 1 fully saturated rings. The molecule has 0 radical (unpaired) electrons. The number of imide groups is 2. The lowest BCUT2D eigenvalue weighted by molar-refractivity contribution is -0.384. The SMILES string of the molecule is COc1ccc(N2C(=O)NC(=O)/C(=C\c3ccc(-c4ccc([N+](=O)[O-])cc4C)o3)C2=O)cc1. The lowest BCUT2D eigenvalue weighted by Crippen LogP contribution is -2.54. The average molecular weight is 447 g/mol. The van der Waals surface area contributed by atoms with E-state index in [0.717, 1.165) is 4.90 Å². The molecule has 3 aromatic rings. The number of urea groups is 1. The minimum atomic E-state index is -0.867. The normalized spacial score (nSPS) is 15.0. The van der Waals surface area contributed by atoms with Crippen molar-refractivity contribution in [1.29, 1.82) is 0 Å². The number of benzene rings is 2. The molecule has 2 heterocycles. The fourth-order valence-electron chi connectivity index (χ4n) is 3.38. The average Bonchev–Trinajstić information content (AvgIpc) is 3.25. The summed E-state index contributed by atoms with van der Waals surface area (Å²) in [5, 5.41) is 13.1. The highest BCUT2D eigenvalue weighted by atomic mass is 16.6. The van der Waals surface area contributed by atoms with Gasteiger partial charge in [-0.15, -0.1) is 0 Å². The molecule has 1 aromatic heterocycles. The van der Waals surface area contributed by atoms with Gasteiger partial charge in [-0.05, 0) is 61.0 Å². The molecule has 1 aliphatic heterocycles. The number of anilines is 1. The van der Waals surface area contributed by atoms with E-state index >= 15 is 0 Å². The third-order valence-corrected chi connectivity index (χ3v) is 5.03. The first kappa shape index (κ1) is 21.5. The highest BCUT2D eigenvalue weighted by molar-refractivity contribution is 6.39. The topological polar surface area (TPSA) is 132 Å². The number of aryl methyl sites for hydroxylation is 1. The number of nitro groups is 1. The number of barbiturate groups is 1. The number of methoxy groups -OCH3 is 1. The van der Waals surface area contributed by atoms with Gasteiger partial charge in [-0.25, -0.2) is 9.69 Å². The first-order chi connectivity index (χ1) is 15.8. The molecule has 2 aromatic carbocycles. The van der Waals surface area contributed by atoms with Gasteiger partial charge < -0.3 is 9.15 Å². The van der Waals surface area contributed by atoms with Gasteiger partial charge in [0.15, 0.2) is 0 Å². The number of non-ortho nitro benzene ring substituents is 1. The van der Waals surface area contributed by atoms with Crippen LogP contribution in [0.2, 0.25) is 0 Å². The number of carbonyl (C=O) groups excluding carboxylic acids is 3. The number of nitrogens with one attached hydrogen (secondary N) is 1. The Morgan fingerprint density at radius 2 is 1.79 bits per heavy atom. The van der Waals surface area contributed by atoms with E-state index in [4.69, 9.17) is 9.15 Å². The zero-order valence-corrected chi connectivity index (χ0v) is 17.5. The fraction of sp³-hybridized carbons (Fsp3) is 0.0870. The lowest BCUT2D eigenvalue weighted by Gasteiger charge is -2.26. The van der Waals surface area contributed by atoms with Crippen molar-refractivity contribution in [3.8, 4) is 17.1 Å². The maximum atomic E-state index is 13.0. The van der Waals surface area contributed by atoms with E-state index in [1.54, 1.807) is 37.3 Å². The molecule has 10 heteroatoms. The number of nitro benzene ring substituents is 1. The standard InChI is InChI=1S/C23H17N3O7/c1-13-11-15(26(30)31)5-9-18(13)20-10-8-17(33-20)12-19-21(27)24-23(29)25(22(19)28)14-3-6-16(32-2)7-4-14/h3-12H,1-2H3,(H,24,27,29)/b19-12+. The van der Waals surface area contributed by atoms with Crippen LogP contribution in [-0.4, -0.2) is 29.9 Å². The van der Waals surface area contributed by atoms with Crippen LogP contribution in [0.15, 0.2) is 64.6 Å². The molecule has 166 valence electrons. The van der Waals surface area contributed by atoms with Crippen molar-refractivity contribution in [2.75, 3.05) is 12.0 Å². The van der Waals surface area contributed by atoms with E-state index in [1.807, 2.05) is 0 Å². The Labute approximate surface area is 187 Å². The Morgan fingerprint density at radius 1 is 1.06 bits per heavy atom. The number of hydrogen-bond acceptors (Lipinski definition) is 7. The third-order valence-electron chi connectivity index (χ3n) is 5.03. The number of hydrogen-bond donors (Lipinski definition) is 1. The molecule has 4 amide bonds. The van der Waals surface area contributed by atoms with Crippen LogP contribution in [0.25, 0.3) is 17.4 Å². The summed E-state index contributed by atoms with van der Waals surface area (Å²) in [4.78, 5) is 48.9. The zero-order chi connectivity index (χ0) is 23.7. The van der Waals surface area contributed by atoms with Crippen LogP contribution < -0.4 is 15.0 Å². The molecule has 1 N–H and O–H groups in total. The van der Waals surface area contributed by atoms with E-state index in [0.29, 0.717) is 22.6 Å². The third kappa shape index (κ3) is 4.09. The predicted molar refractivity (Wildman–Crippen MR) is 118 cm³/mol. The molecule has 10 nitrogen and oxygen atoms in total. The summed E-state index contributed by atoms with van der Waals surface area (Å²) in [6, 6.07) is 12.9. The molecule has 33 heavy (non-hydrogen) atoms. The summed E-state index contributed by atoms with van der Waals surface area (Å²) in [5.41, 5.74) is 1.18. The number of rotatable bonds is 5. The molecule has 0 unspecified atom stereocenters. The summed E-state index contributed by atoms with van der Waals surface area (Å²) < 4.78 is 10.8. The summed E-state index contributed by atoms with van der Waals surface area (Å²) in [6.07, 6.45) is 1.24. The maximum absolute atomic E-state index is 13.0. The summed E-state index contributed by atoms with van der Waals surface area (Å²) in [5.74, 6) is -0.510. The van der Waals surface area contributed by atoms with E-state index in [1.165, 1.54) is 37.5 Å². The Kier molecular flexibility index (Phi) is 5.49. The van der Waals surface area contributed by atoms with Gasteiger partial charge in [0.05, 0.1) is 17.7 Å². The molecule has 0 atom stereocenters. The molecule has 0 saturated carbocycles. The second-order valence-corrected chi connectivity index (χ2v) is 7.11. The highest BCUT2D eigenvalue weighted by Crippen LogP contribution is 2.30. The predicted octanol–water partition coefficient (Wildman–Crippen LogP) is 3.84. The van der Waals surface area contributed by atoms with Crippen LogP contribution in [0.5, 0.6) is 5.75 Å². The largest absolute Gasteiger partial charge is 0.497 e. The van der Waals surface area contributed by atoms with Gasteiger partial charge in [0, 0.05) is 17.7 Å². The molecule has 0 aliphatic carbocycles. The van der Waals surface area contributed by atoms with Gasteiger partial charge in [0.25, 0.3) is 17.5 Å². The van der Waals surface area contributed by atoms with E-state index in [-0.39, 0.29) is 22.7 Å². The first-order valence-corrected chi connectivity index (χ1v) is 9.69. The van der Waals surface area contributed by atoms with Gasteiger partial charge in [-0.1, -0.05) is 0 Å². The Hall–Kier alpha value is -4.73. The zero-order valence-electron chi connectivity index (χ0n) is 17.5. The number of ether oxygens (including phenoxy) is 1. The second kappa shape index (κ2) is 8.42. The lowest BCUT2D eigenvalue weighted by atomic mass is 10.1. The van der Waals surface area contributed by atoms with Crippen molar-refractivity contribution < 1.29 is 28.5 Å². The Morgan fingerprint density at radius 3 is 2.42 bits per heavy atom. The quantitative estimate of drug-likeness (QED) is 0.272. The van der Waals surface area contributed by atoms with Crippen molar-refractivity contribution >= 4 is 35.3 Å². The van der Waals surface area contributed by atoms with Gasteiger partial charge in [-0.3, -0.25) is 25.0 Å². The van der Waals surface area contributed by atoms with Crippen molar-refractivity contribution in [2.24, 2.45) is 0 Å². The molecule has 0 spiro atoms. The molecule has 1 aliphatic rings. The molecular formula is C23H17N3O7. The second-order valence-electron chi connectivity index (χ2n) is 7.11. The van der Waals surface area contributed by atoms with Crippen molar-refractivity contribution in [2.45, 2.75) is 6.92 Å². The number of nitrogens with zero attached hydrogens (tertiary/aromatic N) is 2. The fourth-order valence-corrected chi connectivity index (χ4v) is 3.38. The van der Waals surface area contributed by atoms with E-state index in [9.17, 15) is 24.5 Å². The minimum Gasteiger partial charge on any atom is -0.497 e. The van der Waals surface area contributed by atoms with Crippen LogP contribution in [0.4, 0.5) is 16.2 Å². The maximum Gasteiger partial charge on any atom is 0.335 e. The summed E-state index contributed by atoms with van der Waals surface area (Å²) in [7, 11) is 1.49. The molecule has 4 rings (SSSR count). The van der Waals surface area contributed by atoms with Gasteiger partial charge in [0.1, 0.15) is 22.8 Å². The monoisotopic (exact) mass is 447 g/mol. The first-order valence-electron chi connectivity index (χ1n) is 9.69. The number of amides is 4. The van der Waals surface area contributed by atoms with Gasteiger partial charge in [-0.2, -0.15) is 0 Å². The van der Waals surface area contributed by atoms with Crippen LogP contribution in [0.1, 0.15) is 11.3 Å². The van der Waals surface area contributed by atoms with Gasteiger partial charge in [0.2, 0.25) is 0 Å². The van der Waals surface area contributed by atoms with E-state index < -0.39 is 22.8 Å². The molecular weight excluding hydrogens is 430 g/mol. The van der Waals surface area contributed by atoms with Crippen molar-refractivity contribution in [3.63, 3.8) is 0 Å². The minimum absolute atomic E-state index is 0.0436. The number of furan rings is 1. The highest BCUT2D eigenvalue weighted by Gasteiger charge is 2.37. The molecule has 0 bridgehead atoms. The summed E-state index contributed by atoms with van der Waals surface area (Å²) in [6.45, 7) is 1.71. The van der Waals surface area contributed by atoms with E-state index in [2.05, 4.69) is 5.32 Å². The van der Waals surface area contributed by atoms with Crippen molar-refractivity contribution in [3.05, 3.63) is 81.6 Å². The smallest absolute Gasteiger partial charge is 0.335 e. The van der Waals surface area contributed by atoms with Crippen LogP contribution in [0.3, 0.4) is 0 Å². The summed E-state index contributed by atoms with van der Waals surface area (Å²) >= 11 is 0. The Balaban J connectivity index is 1.65. The van der Waals surface area contributed by atoms with Crippen LogP contribution in [0, 0.1) is 17.0 Å². The molecule has 1 saturated heterocycles. The van der Waals surface area contributed by atoms with Crippen LogP contribution >= 0.6 is 0 Å². The Bertz CT molecular complexity index is 1320. The van der Waals surface area contributed by atoms with Gasteiger partial charge >= 0.3 is 6.03 Å².